The molecule has 2 rings (SSSR count). The van der Waals surface area contributed by atoms with Gasteiger partial charge >= 0.3 is 5.97 Å². The zero-order chi connectivity index (χ0) is 15.5. The molecule has 116 valence electrons. The maximum atomic E-state index is 12.1. The average Bonchev–Trinajstić information content (AvgIpc) is 2.95. The molecule has 1 fully saturated rings. The zero-order valence-electron chi connectivity index (χ0n) is 11.8. The number of aliphatic carboxylic acids is 1. The number of thiazole rings is 1. The van der Waals surface area contributed by atoms with Gasteiger partial charge in [0.1, 0.15) is 10.7 Å². The number of nitrogens with zero attached hydrogens (tertiary/aromatic N) is 1. The van der Waals surface area contributed by atoms with Gasteiger partial charge in [-0.15, -0.1) is 11.3 Å². The molecule has 1 aromatic heterocycles. The quantitative estimate of drug-likeness (QED) is 0.740. The van der Waals surface area contributed by atoms with Gasteiger partial charge in [0.15, 0.2) is 0 Å². The summed E-state index contributed by atoms with van der Waals surface area (Å²) < 4.78 is 5.20. The van der Waals surface area contributed by atoms with Gasteiger partial charge in [-0.1, -0.05) is 0 Å². The molecule has 0 spiro atoms. The monoisotopic (exact) mass is 313 g/mol. The number of nitrogens with two attached hydrogens (primary N) is 1. The van der Waals surface area contributed by atoms with Gasteiger partial charge in [-0.05, 0) is 19.8 Å². The molecule has 1 unspecified atom stereocenters. The van der Waals surface area contributed by atoms with Crippen LogP contribution in [-0.4, -0.2) is 41.7 Å². The average molecular weight is 313 g/mol. The SMILES string of the molecule is CC(N)c1nc(C(=O)NCC2(C(=O)O)CCOCC2)cs1. The van der Waals surface area contributed by atoms with Crippen LogP contribution in [0.4, 0.5) is 0 Å². The third kappa shape index (κ3) is 3.58. The fourth-order valence-electron chi connectivity index (χ4n) is 2.17. The Labute approximate surface area is 126 Å². The summed E-state index contributed by atoms with van der Waals surface area (Å²) in [6, 6.07) is -0.225. The van der Waals surface area contributed by atoms with Crippen LogP contribution in [0.3, 0.4) is 0 Å². The van der Waals surface area contributed by atoms with Crippen LogP contribution in [0, 0.1) is 5.41 Å². The number of hydrogen-bond donors (Lipinski definition) is 3. The highest BCUT2D eigenvalue weighted by Crippen LogP contribution is 2.30. The Morgan fingerprint density at radius 1 is 1.57 bits per heavy atom. The van der Waals surface area contributed by atoms with Gasteiger partial charge in [0, 0.05) is 25.1 Å². The van der Waals surface area contributed by atoms with Gasteiger partial charge in [0.25, 0.3) is 5.91 Å². The largest absolute Gasteiger partial charge is 0.481 e. The number of nitrogens with one attached hydrogen (secondary N) is 1. The van der Waals surface area contributed by atoms with Crippen LogP contribution in [0.15, 0.2) is 5.38 Å². The van der Waals surface area contributed by atoms with E-state index in [4.69, 9.17) is 10.5 Å². The van der Waals surface area contributed by atoms with Gasteiger partial charge in [0.05, 0.1) is 11.5 Å². The number of amides is 1. The van der Waals surface area contributed by atoms with Crippen LogP contribution in [0.1, 0.15) is 41.3 Å². The van der Waals surface area contributed by atoms with E-state index in [0.29, 0.717) is 31.1 Å². The Kier molecular flexibility index (Phi) is 4.92. The van der Waals surface area contributed by atoms with Crippen LogP contribution in [0.5, 0.6) is 0 Å². The third-order valence-electron chi connectivity index (χ3n) is 3.64. The molecule has 0 radical (unpaired) electrons. The smallest absolute Gasteiger partial charge is 0.311 e. The second-order valence-electron chi connectivity index (χ2n) is 5.24. The Balaban J connectivity index is 1.99. The number of carboxylic acids is 1. The minimum Gasteiger partial charge on any atom is -0.481 e. The molecule has 1 aromatic rings. The van der Waals surface area contributed by atoms with E-state index in [0.717, 1.165) is 0 Å². The standard InChI is InChI=1S/C13H19N3O4S/c1-8(14)11-16-9(6-21-11)10(17)15-7-13(12(18)19)2-4-20-5-3-13/h6,8H,2-5,7,14H2,1H3,(H,15,17)(H,18,19). The first-order valence-corrected chi connectivity index (χ1v) is 7.63. The van der Waals surface area contributed by atoms with E-state index in [1.54, 1.807) is 12.3 Å². The first-order chi connectivity index (χ1) is 9.94. The Morgan fingerprint density at radius 3 is 2.76 bits per heavy atom. The molecule has 1 aliphatic rings. The first-order valence-electron chi connectivity index (χ1n) is 6.75. The van der Waals surface area contributed by atoms with Crippen LogP contribution >= 0.6 is 11.3 Å². The fraction of sp³-hybridized carbons (Fsp3) is 0.615. The number of carboxylic acid groups (broad SMARTS) is 1. The van der Waals surface area contributed by atoms with E-state index in [1.807, 2.05) is 0 Å². The predicted octanol–water partition coefficient (Wildman–Crippen LogP) is 0.774. The number of ether oxygens (including phenoxy) is 1. The molecule has 4 N–H and O–H groups in total. The number of aromatic nitrogens is 1. The lowest BCUT2D eigenvalue weighted by atomic mass is 9.80. The minimum atomic E-state index is -0.950. The molecule has 1 atom stereocenters. The van der Waals surface area contributed by atoms with Crippen LogP contribution in [-0.2, 0) is 9.53 Å². The van der Waals surface area contributed by atoms with Gasteiger partial charge in [-0.2, -0.15) is 0 Å². The summed E-state index contributed by atoms with van der Waals surface area (Å²) in [7, 11) is 0. The van der Waals surface area contributed by atoms with Crippen molar-refractivity contribution in [2.45, 2.75) is 25.8 Å². The Bertz CT molecular complexity index is 523. The number of hydrogen-bond acceptors (Lipinski definition) is 6. The zero-order valence-corrected chi connectivity index (χ0v) is 12.6. The van der Waals surface area contributed by atoms with Gasteiger partial charge in [-0.3, -0.25) is 9.59 Å². The second-order valence-corrected chi connectivity index (χ2v) is 6.13. The van der Waals surface area contributed by atoms with Crippen molar-refractivity contribution < 1.29 is 19.4 Å². The molecule has 2 heterocycles. The molecular formula is C13H19N3O4S. The molecule has 0 aliphatic carbocycles. The van der Waals surface area contributed by atoms with Crippen molar-refractivity contribution in [2.24, 2.45) is 11.1 Å². The molecule has 21 heavy (non-hydrogen) atoms. The summed E-state index contributed by atoms with van der Waals surface area (Å²) in [6.07, 6.45) is 0.787. The first kappa shape index (κ1) is 15.9. The summed E-state index contributed by atoms with van der Waals surface area (Å²) in [6.45, 7) is 2.67. The molecule has 7 nitrogen and oxygen atoms in total. The maximum absolute atomic E-state index is 12.1. The molecule has 8 heteroatoms. The fourth-order valence-corrected chi connectivity index (χ4v) is 2.93. The van der Waals surface area contributed by atoms with Crippen molar-refractivity contribution in [1.82, 2.24) is 10.3 Å². The molecule has 0 saturated carbocycles. The molecule has 0 bridgehead atoms. The van der Waals surface area contributed by atoms with Crippen LogP contribution in [0.2, 0.25) is 0 Å². The van der Waals surface area contributed by atoms with Crippen molar-refractivity contribution in [1.29, 1.82) is 0 Å². The van der Waals surface area contributed by atoms with Gasteiger partial charge < -0.3 is 20.9 Å². The predicted molar refractivity (Wildman–Crippen MR) is 77.2 cm³/mol. The summed E-state index contributed by atoms with van der Waals surface area (Å²) >= 11 is 1.32. The minimum absolute atomic E-state index is 0.0789. The Morgan fingerprint density at radius 2 is 2.24 bits per heavy atom. The van der Waals surface area contributed by atoms with E-state index in [1.165, 1.54) is 11.3 Å². The van der Waals surface area contributed by atoms with E-state index >= 15 is 0 Å². The van der Waals surface area contributed by atoms with Crippen molar-refractivity contribution in [2.75, 3.05) is 19.8 Å². The summed E-state index contributed by atoms with van der Waals surface area (Å²) in [4.78, 5) is 27.7. The van der Waals surface area contributed by atoms with E-state index in [-0.39, 0.29) is 24.2 Å². The summed E-state index contributed by atoms with van der Waals surface area (Å²) in [5.41, 5.74) is 5.03. The van der Waals surface area contributed by atoms with Gasteiger partial charge in [-0.25, -0.2) is 4.98 Å². The van der Waals surface area contributed by atoms with Crippen molar-refractivity contribution >= 4 is 23.2 Å². The third-order valence-corrected chi connectivity index (χ3v) is 4.68. The van der Waals surface area contributed by atoms with Gasteiger partial charge in [0.2, 0.25) is 0 Å². The van der Waals surface area contributed by atoms with Crippen molar-refractivity contribution in [3.8, 4) is 0 Å². The lowest BCUT2D eigenvalue weighted by molar-refractivity contribution is -0.154. The molecule has 1 aliphatic heterocycles. The van der Waals surface area contributed by atoms with Crippen LogP contribution in [0.25, 0.3) is 0 Å². The molecule has 0 aromatic carbocycles. The highest BCUT2D eigenvalue weighted by molar-refractivity contribution is 7.09. The lowest BCUT2D eigenvalue weighted by Crippen LogP contribution is -2.46. The summed E-state index contributed by atoms with van der Waals surface area (Å²) in [5.74, 6) is -1.27. The molecule has 1 saturated heterocycles. The lowest BCUT2D eigenvalue weighted by Gasteiger charge is -2.32. The molecular weight excluding hydrogens is 294 g/mol. The van der Waals surface area contributed by atoms with Crippen molar-refractivity contribution in [3.63, 3.8) is 0 Å². The summed E-state index contributed by atoms with van der Waals surface area (Å²) in [5, 5.41) is 14.4. The number of carbonyl (C=O) groups excluding carboxylic acids is 1. The normalized spacial score (nSPS) is 19.0. The number of carbonyl (C=O) groups is 2. The highest BCUT2D eigenvalue weighted by atomic mass is 32.1. The number of rotatable bonds is 5. The Hall–Kier alpha value is -1.51. The van der Waals surface area contributed by atoms with Crippen molar-refractivity contribution in [3.05, 3.63) is 16.1 Å². The van der Waals surface area contributed by atoms with E-state index in [2.05, 4.69) is 10.3 Å². The second kappa shape index (κ2) is 6.50. The van der Waals surface area contributed by atoms with Crippen LogP contribution < -0.4 is 11.1 Å². The topological polar surface area (TPSA) is 115 Å². The van der Waals surface area contributed by atoms with E-state index < -0.39 is 11.4 Å². The van der Waals surface area contributed by atoms with E-state index in [9.17, 15) is 14.7 Å². The molecule has 1 amide bonds. The maximum Gasteiger partial charge on any atom is 0.311 e. The highest BCUT2D eigenvalue weighted by Gasteiger charge is 2.40.